The standard InChI is InChI=1S/C32H62O4/c1-3-5-7-8-9-10-11-16-19-22-25-29-32(35)36-30(26-6-4-2)27-23-20-17-14-12-13-15-18-21-24-28-31(33)34/h30H,3-29H2,1-2H3,(H,33,34). The first-order valence-electron chi connectivity index (χ1n) is 16.0. The average molecular weight is 511 g/mol. The summed E-state index contributed by atoms with van der Waals surface area (Å²) in [6.45, 7) is 4.47. The lowest BCUT2D eigenvalue weighted by Gasteiger charge is -2.18. The van der Waals surface area contributed by atoms with E-state index in [1.165, 1.54) is 96.3 Å². The number of unbranched alkanes of at least 4 members (excludes halogenated alkanes) is 20. The Labute approximate surface area is 224 Å². The highest BCUT2D eigenvalue weighted by atomic mass is 16.5. The number of esters is 1. The number of aliphatic carboxylic acids is 1. The van der Waals surface area contributed by atoms with Crippen LogP contribution in [0.5, 0.6) is 0 Å². The van der Waals surface area contributed by atoms with Crippen LogP contribution >= 0.6 is 0 Å². The summed E-state index contributed by atoms with van der Waals surface area (Å²) in [7, 11) is 0. The van der Waals surface area contributed by atoms with Crippen LogP contribution in [0.4, 0.5) is 0 Å². The van der Waals surface area contributed by atoms with Crippen molar-refractivity contribution in [1.29, 1.82) is 0 Å². The van der Waals surface area contributed by atoms with E-state index in [1.54, 1.807) is 0 Å². The van der Waals surface area contributed by atoms with Gasteiger partial charge in [-0.15, -0.1) is 0 Å². The second-order valence-corrected chi connectivity index (χ2v) is 11.0. The molecule has 0 rings (SSSR count). The predicted molar refractivity (Wildman–Crippen MR) is 154 cm³/mol. The van der Waals surface area contributed by atoms with Gasteiger partial charge in [0, 0.05) is 12.8 Å². The molecular weight excluding hydrogens is 448 g/mol. The molecule has 1 N–H and O–H groups in total. The highest BCUT2D eigenvalue weighted by Gasteiger charge is 2.13. The van der Waals surface area contributed by atoms with Crippen LogP contribution in [-0.4, -0.2) is 23.1 Å². The van der Waals surface area contributed by atoms with Gasteiger partial charge in [-0.3, -0.25) is 9.59 Å². The smallest absolute Gasteiger partial charge is 0.306 e. The van der Waals surface area contributed by atoms with Crippen molar-refractivity contribution >= 4 is 11.9 Å². The molecule has 0 aliphatic rings. The monoisotopic (exact) mass is 510 g/mol. The molecule has 0 heterocycles. The van der Waals surface area contributed by atoms with Crippen molar-refractivity contribution in [1.82, 2.24) is 0 Å². The van der Waals surface area contributed by atoms with Gasteiger partial charge in [-0.25, -0.2) is 0 Å². The van der Waals surface area contributed by atoms with E-state index in [4.69, 9.17) is 9.84 Å². The third-order valence-electron chi connectivity index (χ3n) is 7.33. The van der Waals surface area contributed by atoms with Gasteiger partial charge in [0.25, 0.3) is 0 Å². The van der Waals surface area contributed by atoms with E-state index in [-0.39, 0.29) is 12.1 Å². The summed E-state index contributed by atoms with van der Waals surface area (Å²) in [6, 6.07) is 0. The van der Waals surface area contributed by atoms with Crippen LogP contribution in [0.1, 0.15) is 187 Å². The molecule has 4 heteroatoms. The lowest BCUT2D eigenvalue weighted by Crippen LogP contribution is -2.18. The third kappa shape index (κ3) is 27.5. The molecule has 0 aliphatic carbocycles. The lowest BCUT2D eigenvalue weighted by molar-refractivity contribution is -0.150. The molecule has 0 saturated heterocycles. The minimum absolute atomic E-state index is 0.0235. The van der Waals surface area contributed by atoms with E-state index in [9.17, 15) is 9.59 Å². The maximum Gasteiger partial charge on any atom is 0.306 e. The van der Waals surface area contributed by atoms with Crippen LogP contribution in [-0.2, 0) is 14.3 Å². The van der Waals surface area contributed by atoms with E-state index in [1.807, 2.05) is 0 Å². The molecule has 0 spiro atoms. The molecule has 36 heavy (non-hydrogen) atoms. The van der Waals surface area contributed by atoms with Gasteiger partial charge in [0.2, 0.25) is 0 Å². The lowest BCUT2D eigenvalue weighted by atomic mass is 10.0. The molecule has 0 fully saturated rings. The number of hydrogen-bond acceptors (Lipinski definition) is 3. The molecule has 0 radical (unpaired) electrons. The summed E-state index contributed by atoms with van der Waals surface area (Å²) < 4.78 is 5.88. The molecule has 0 aromatic carbocycles. The minimum atomic E-state index is -0.675. The number of hydrogen-bond donors (Lipinski definition) is 1. The number of rotatable bonds is 29. The first kappa shape index (κ1) is 34.9. The van der Waals surface area contributed by atoms with Gasteiger partial charge in [-0.05, 0) is 32.1 Å². The fourth-order valence-electron chi connectivity index (χ4n) is 4.93. The number of carbonyl (C=O) groups excluding carboxylic acids is 1. The van der Waals surface area contributed by atoms with Crippen molar-refractivity contribution in [3.05, 3.63) is 0 Å². The van der Waals surface area contributed by atoms with Gasteiger partial charge in [0.1, 0.15) is 6.10 Å². The zero-order chi connectivity index (χ0) is 26.5. The Morgan fingerprint density at radius 1 is 0.500 bits per heavy atom. The summed E-state index contributed by atoms with van der Waals surface area (Å²) in [6.07, 6.45) is 31.5. The largest absolute Gasteiger partial charge is 0.481 e. The first-order valence-corrected chi connectivity index (χ1v) is 16.0. The first-order chi connectivity index (χ1) is 17.6. The van der Waals surface area contributed by atoms with Gasteiger partial charge in [0.05, 0.1) is 0 Å². The van der Waals surface area contributed by atoms with Gasteiger partial charge in [-0.1, -0.05) is 142 Å². The Kier molecular flexibility index (Phi) is 27.7. The molecular formula is C32H62O4. The van der Waals surface area contributed by atoms with Crippen molar-refractivity contribution in [3.63, 3.8) is 0 Å². The van der Waals surface area contributed by atoms with E-state index in [0.29, 0.717) is 12.8 Å². The molecule has 4 nitrogen and oxygen atoms in total. The van der Waals surface area contributed by atoms with Gasteiger partial charge >= 0.3 is 11.9 Å². The van der Waals surface area contributed by atoms with Crippen LogP contribution in [0.3, 0.4) is 0 Å². The average Bonchev–Trinajstić information content (AvgIpc) is 2.86. The van der Waals surface area contributed by atoms with Crippen molar-refractivity contribution in [2.45, 2.75) is 193 Å². The van der Waals surface area contributed by atoms with Crippen molar-refractivity contribution in [2.24, 2.45) is 0 Å². The highest BCUT2D eigenvalue weighted by molar-refractivity contribution is 5.69. The second kappa shape index (κ2) is 28.5. The van der Waals surface area contributed by atoms with E-state index < -0.39 is 5.97 Å². The second-order valence-electron chi connectivity index (χ2n) is 11.0. The Morgan fingerprint density at radius 2 is 0.861 bits per heavy atom. The van der Waals surface area contributed by atoms with Crippen LogP contribution in [0.2, 0.25) is 0 Å². The topological polar surface area (TPSA) is 63.6 Å². The van der Waals surface area contributed by atoms with Gasteiger partial charge in [-0.2, -0.15) is 0 Å². The highest BCUT2D eigenvalue weighted by Crippen LogP contribution is 2.18. The van der Waals surface area contributed by atoms with Crippen molar-refractivity contribution in [3.8, 4) is 0 Å². The molecule has 0 saturated carbocycles. The van der Waals surface area contributed by atoms with Crippen LogP contribution in [0.25, 0.3) is 0 Å². The van der Waals surface area contributed by atoms with Crippen molar-refractivity contribution < 1.29 is 19.4 Å². The van der Waals surface area contributed by atoms with E-state index in [0.717, 1.165) is 64.2 Å². The summed E-state index contributed by atoms with van der Waals surface area (Å²) in [5, 5.41) is 8.65. The predicted octanol–water partition coefficient (Wildman–Crippen LogP) is 10.6. The van der Waals surface area contributed by atoms with Gasteiger partial charge in [0.15, 0.2) is 0 Å². The Morgan fingerprint density at radius 3 is 1.31 bits per heavy atom. The van der Waals surface area contributed by atoms with Crippen LogP contribution in [0, 0.1) is 0 Å². The van der Waals surface area contributed by atoms with Crippen LogP contribution < -0.4 is 0 Å². The summed E-state index contributed by atoms with van der Waals surface area (Å²) in [5.41, 5.74) is 0. The molecule has 214 valence electrons. The maximum absolute atomic E-state index is 12.4. The molecule has 0 aromatic heterocycles. The van der Waals surface area contributed by atoms with E-state index >= 15 is 0 Å². The summed E-state index contributed by atoms with van der Waals surface area (Å²) in [4.78, 5) is 22.9. The molecule has 0 amide bonds. The number of carbonyl (C=O) groups is 2. The SMILES string of the molecule is CCCCCCCCCCCCCC(=O)OC(CCCC)CCCCCCCCCCCCC(=O)O. The molecule has 1 atom stereocenters. The Hall–Kier alpha value is -1.06. The minimum Gasteiger partial charge on any atom is -0.481 e. The summed E-state index contributed by atoms with van der Waals surface area (Å²) in [5.74, 6) is -0.651. The maximum atomic E-state index is 12.4. The number of ether oxygens (including phenoxy) is 1. The molecule has 0 aliphatic heterocycles. The Bertz CT molecular complexity index is 477. The van der Waals surface area contributed by atoms with Crippen molar-refractivity contribution in [2.75, 3.05) is 0 Å². The molecule has 0 aromatic rings. The van der Waals surface area contributed by atoms with Gasteiger partial charge < -0.3 is 9.84 Å². The summed E-state index contributed by atoms with van der Waals surface area (Å²) >= 11 is 0. The van der Waals surface area contributed by atoms with E-state index in [2.05, 4.69) is 13.8 Å². The normalized spacial score (nSPS) is 12.1. The third-order valence-corrected chi connectivity index (χ3v) is 7.33. The zero-order valence-electron chi connectivity index (χ0n) is 24.3. The fraction of sp³-hybridized carbons (Fsp3) is 0.938. The Balaban J connectivity index is 3.66. The van der Waals surface area contributed by atoms with Crippen LogP contribution in [0.15, 0.2) is 0 Å². The quantitative estimate of drug-likeness (QED) is 0.0802. The number of carboxylic acid groups (broad SMARTS) is 1. The molecule has 1 unspecified atom stereocenters. The molecule has 0 bridgehead atoms. The fourth-order valence-corrected chi connectivity index (χ4v) is 4.93. The zero-order valence-corrected chi connectivity index (χ0v) is 24.3. The number of carboxylic acids is 1.